The highest BCUT2D eigenvalue weighted by atomic mass is 19.4. The molecule has 0 saturated carbocycles. The summed E-state index contributed by atoms with van der Waals surface area (Å²) in [6, 6.07) is 8.98. The van der Waals surface area contributed by atoms with E-state index in [4.69, 9.17) is 4.74 Å². The lowest BCUT2D eigenvalue weighted by atomic mass is 10.2. The van der Waals surface area contributed by atoms with E-state index in [2.05, 4.69) is 4.74 Å². The lowest BCUT2D eigenvalue weighted by molar-refractivity contribution is -0.174. The lowest BCUT2D eigenvalue weighted by Gasteiger charge is -2.07. The molecule has 0 atom stereocenters. The van der Waals surface area contributed by atoms with Crippen molar-refractivity contribution < 1.29 is 27.4 Å². The number of hydrogen-bond acceptors (Lipinski definition) is 3. The van der Waals surface area contributed by atoms with Crippen molar-refractivity contribution in [3.8, 4) is 5.75 Å². The fourth-order valence-electron chi connectivity index (χ4n) is 1.30. The normalized spacial score (nSPS) is 11.3. The van der Waals surface area contributed by atoms with E-state index >= 15 is 0 Å². The highest BCUT2D eigenvalue weighted by molar-refractivity contribution is 5.78. The van der Waals surface area contributed by atoms with Gasteiger partial charge in [-0.25, -0.2) is 0 Å². The maximum Gasteiger partial charge on any atom is 0.411 e. The first kappa shape index (κ1) is 15.5. The summed E-state index contributed by atoms with van der Waals surface area (Å²) in [6.07, 6.45) is -4.22. The van der Waals surface area contributed by atoms with Crippen LogP contribution in [0.25, 0.3) is 0 Å². The first-order valence-corrected chi connectivity index (χ1v) is 5.81. The monoisotopic (exact) mass is 276 g/mol. The maximum atomic E-state index is 11.7. The molecule has 19 heavy (non-hydrogen) atoms. The second-order valence-corrected chi connectivity index (χ2v) is 3.87. The van der Waals surface area contributed by atoms with Crippen LogP contribution < -0.4 is 4.74 Å². The van der Waals surface area contributed by atoms with E-state index in [0.29, 0.717) is 5.75 Å². The average molecular weight is 276 g/mol. The Morgan fingerprint density at radius 3 is 2.32 bits per heavy atom. The van der Waals surface area contributed by atoms with Gasteiger partial charge in [0, 0.05) is 12.8 Å². The van der Waals surface area contributed by atoms with Gasteiger partial charge in [-0.05, 0) is 12.1 Å². The van der Waals surface area contributed by atoms with Crippen molar-refractivity contribution in [2.75, 3.05) is 19.8 Å². The minimum Gasteiger partial charge on any atom is -0.493 e. The number of halogens is 3. The molecule has 0 radical (unpaired) electrons. The Balaban J connectivity index is 2.05. The van der Waals surface area contributed by atoms with Crippen molar-refractivity contribution in [2.24, 2.45) is 0 Å². The van der Waals surface area contributed by atoms with E-state index < -0.39 is 12.8 Å². The van der Waals surface area contributed by atoms with Gasteiger partial charge < -0.3 is 9.47 Å². The Morgan fingerprint density at radius 2 is 1.68 bits per heavy atom. The summed E-state index contributed by atoms with van der Waals surface area (Å²) in [5.41, 5.74) is 0. The Bertz CT molecular complexity index is 376. The van der Waals surface area contributed by atoms with Crippen molar-refractivity contribution in [3.05, 3.63) is 30.3 Å². The van der Waals surface area contributed by atoms with E-state index in [1.807, 2.05) is 18.2 Å². The molecule has 0 saturated heterocycles. The average Bonchev–Trinajstić information content (AvgIpc) is 2.35. The second-order valence-electron chi connectivity index (χ2n) is 3.87. The molecule has 0 amide bonds. The third-order valence-corrected chi connectivity index (χ3v) is 2.18. The predicted molar refractivity (Wildman–Crippen MR) is 63.1 cm³/mol. The SMILES string of the molecule is O=C(CCOCC(F)(F)F)CCOc1ccccc1. The van der Waals surface area contributed by atoms with Crippen LogP contribution in [0.15, 0.2) is 30.3 Å². The van der Waals surface area contributed by atoms with Gasteiger partial charge in [-0.15, -0.1) is 0 Å². The van der Waals surface area contributed by atoms with E-state index in [1.165, 1.54) is 0 Å². The number of carbonyl (C=O) groups excluding carboxylic acids is 1. The number of alkyl halides is 3. The summed E-state index contributed by atoms with van der Waals surface area (Å²) in [5.74, 6) is 0.474. The first-order valence-electron chi connectivity index (χ1n) is 5.81. The molecule has 0 fully saturated rings. The molecule has 1 rings (SSSR count). The van der Waals surface area contributed by atoms with Gasteiger partial charge in [-0.2, -0.15) is 13.2 Å². The Hall–Kier alpha value is -1.56. The van der Waals surface area contributed by atoms with Crippen molar-refractivity contribution in [1.82, 2.24) is 0 Å². The van der Waals surface area contributed by atoms with Gasteiger partial charge in [0.05, 0.1) is 13.2 Å². The Labute approximate surface area is 109 Å². The van der Waals surface area contributed by atoms with E-state index in [1.54, 1.807) is 12.1 Å². The summed E-state index contributed by atoms with van der Waals surface area (Å²) in [5, 5.41) is 0. The molecule has 1 aromatic rings. The summed E-state index contributed by atoms with van der Waals surface area (Å²) in [4.78, 5) is 11.3. The Morgan fingerprint density at radius 1 is 1.05 bits per heavy atom. The van der Waals surface area contributed by atoms with Crippen LogP contribution in [-0.2, 0) is 9.53 Å². The predicted octanol–water partition coefficient (Wildman–Crippen LogP) is 2.99. The van der Waals surface area contributed by atoms with Crippen molar-refractivity contribution in [2.45, 2.75) is 19.0 Å². The molecule has 0 heterocycles. The summed E-state index contributed by atoms with van der Waals surface area (Å²) >= 11 is 0. The fourth-order valence-corrected chi connectivity index (χ4v) is 1.30. The molecule has 0 aliphatic carbocycles. The largest absolute Gasteiger partial charge is 0.493 e. The van der Waals surface area contributed by atoms with Crippen LogP contribution in [0.3, 0.4) is 0 Å². The van der Waals surface area contributed by atoms with Crippen molar-refractivity contribution in [3.63, 3.8) is 0 Å². The van der Waals surface area contributed by atoms with Crippen LogP contribution in [0.2, 0.25) is 0 Å². The van der Waals surface area contributed by atoms with Crippen LogP contribution in [0.4, 0.5) is 13.2 Å². The van der Waals surface area contributed by atoms with Gasteiger partial charge in [-0.3, -0.25) is 4.79 Å². The third-order valence-electron chi connectivity index (χ3n) is 2.18. The Kier molecular flexibility index (Phi) is 6.35. The highest BCUT2D eigenvalue weighted by Gasteiger charge is 2.27. The minimum atomic E-state index is -4.35. The van der Waals surface area contributed by atoms with Crippen LogP contribution in [0.1, 0.15) is 12.8 Å². The van der Waals surface area contributed by atoms with Gasteiger partial charge in [0.15, 0.2) is 0 Å². The van der Waals surface area contributed by atoms with Crippen molar-refractivity contribution in [1.29, 1.82) is 0 Å². The van der Waals surface area contributed by atoms with Crippen LogP contribution in [0, 0.1) is 0 Å². The number of benzene rings is 1. The lowest BCUT2D eigenvalue weighted by Crippen LogP contribution is -2.18. The van der Waals surface area contributed by atoms with Crippen molar-refractivity contribution >= 4 is 5.78 Å². The van der Waals surface area contributed by atoms with E-state index in [-0.39, 0.29) is 31.8 Å². The molecule has 0 aliphatic heterocycles. The second kappa shape index (κ2) is 7.78. The molecule has 0 aromatic heterocycles. The van der Waals surface area contributed by atoms with Gasteiger partial charge in [0.25, 0.3) is 0 Å². The summed E-state index contributed by atoms with van der Waals surface area (Å²) < 4.78 is 44.9. The smallest absolute Gasteiger partial charge is 0.411 e. The molecule has 106 valence electrons. The summed E-state index contributed by atoms with van der Waals surface area (Å²) in [6.45, 7) is -1.33. The molecular formula is C13H15F3O3. The molecule has 0 unspecified atom stereocenters. The fraction of sp³-hybridized carbons (Fsp3) is 0.462. The molecule has 1 aromatic carbocycles. The van der Waals surface area contributed by atoms with Gasteiger partial charge in [0.2, 0.25) is 0 Å². The third kappa shape index (κ3) is 8.20. The van der Waals surface area contributed by atoms with Gasteiger partial charge in [0.1, 0.15) is 18.1 Å². The molecule has 0 spiro atoms. The quantitative estimate of drug-likeness (QED) is 0.685. The number of ether oxygens (including phenoxy) is 2. The minimum absolute atomic E-state index is 0.0335. The molecular weight excluding hydrogens is 261 g/mol. The standard InChI is InChI=1S/C13H15F3O3/c14-13(15,16)10-18-8-6-11(17)7-9-19-12-4-2-1-3-5-12/h1-5H,6-10H2. The number of para-hydroxylation sites is 1. The molecule has 6 heteroatoms. The van der Waals surface area contributed by atoms with E-state index in [0.717, 1.165) is 0 Å². The number of carbonyl (C=O) groups is 1. The summed E-state index contributed by atoms with van der Waals surface area (Å²) in [7, 11) is 0. The maximum absolute atomic E-state index is 11.7. The topological polar surface area (TPSA) is 35.5 Å². The molecule has 0 N–H and O–H groups in total. The number of Topliss-reactive ketones (excluding diaryl/α,β-unsaturated/α-hetero) is 1. The van der Waals surface area contributed by atoms with Gasteiger partial charge >= 0.3 is 6.18 Å². The molecule has 3 nitrogen and oxygen atoms in total. The zero-order chi connectivity index (χ0) is 14.1. The van der Waals surface area contributed by atoms with Gasteiger partial charge in [-0.1, -0.05) is 18.2 Å². The number of rotatable bonds is 8. The van der Waals surface area contributed by atoms with Crippen LogP contribution >= 0.6 is 0 Å². The molecule has 0 aliphatic rings. The highest BCUT2D eigenvalue weighted by Crippen LogP contribution is 2.14. The zero-order valence-electron chi connectivity index (χ0n) is 10.3. The number of hydrogen-bond donors (Lipinski definition) is 0. The van der Waals surface area contributed by atoms with Crippen LogP contribution in [0.5, 0.6) is 5.75 Å². The first-order chi connectivity index (χ1) is 8.97. The zero-order valence-corrected chi connectivity index (χ0v) is 10.3. The molecule has 0 bridgehead atoms. The van der Waals surface area contributed by atoms with E-state index in [9.17, 15) is 18.0 Å². The number of ketones is 1. The van der Waals surface area contributed by atoms with Crippen LogP contribution in [-0.4, -0.2) is 31.8 Å².